The minimum Gasteiger partial charge on any atom is -0.323 e. The van der Waals surface area contributed by atoms with Gasteiger partial charge in [0.2, 0.25) is 0 Å². The van der Waals surface area contributed by atoms with Crippen molar-refractivity contribution in [3.8, 4) is 17.1 Å². The van der Waals surface area contributed by atoms with Gasteiger partial charge in [-0.15, -0.1) is 0 Å². The van der Waals surface area contributed by atoms with E-state index in [-0.39, 0.29) is 5.82 Å². The van der Waals surface area contributed by atoms with Crippen molar-refractivity contribution < 1.29 is 4.39 Å². The van der Waals surface area contributed by atoms with Crippen LogP contribution >= 0.6 is 0 Å². The summed E-state index contributed by atoms with van der Waals surface area (Å²) in [5.74, 6) is 1.74. The van der Waals surface area contributed by atoms with Crippen molar-refractivity contribution in [1.82, 2.24) is 29.5 Å². The number of hydrogen-bond acceptors (Lipinski definition) is 5. The lowest BCUT2D eigenvalue weighted by Crippen LogP contribution is -2.03. The Morgan fingerprint density at radius 3 is 2.54 bits per heavy atom. The fourth-order valence-electron chi connectivity index (χ4n) is 3.18. The highest BCUT2D eigenvalue weighted by Crippen LogP contribution is 2.31. The molecule has 0 spiro atoms. The number of benzene rings is 1. The maximum absolute atomic E-state index is 13.3. The predicted molar refractivity (Wildman–Crippen MR) is 105 cm³/mol. The van der Waals surface area contributed by atoms with Crippen LogP contribution in [-0.4, -0.2) is 29.5 Å². The molecule has 0 saturated carbocycles. The van der Waals surface area contributed by atoms with Crippen molar-refractivity contribution in [2.45, 2.75) is 20.3 Å². The van der Waals surface area contributed by atoms with Gasteiger partial charge in [0, 0.05) is 30.4 Å². The molecule has 0 amide bonds. The van der Waals surface area contributed by atoms with Crippen molar-refractivity contribution in [1.29, 1.82) is 0 Å². The standard InChI is InChI=1S/C20H20FN7/c1-4-16-19(14-5-7-15(21)8-6-14)27(3)26-20(16)24-17-11-18(23-12-22-17)28-10-9-13(2)25-28/h5-12H,4H2,1-3H3,(H,22,23,24,26). The average molecular weight is 377 g/mol. The van der Waals surface area contributed by atoms with Crippen LogP contribution in [-0.2, 0) is 13.5 Å². The summed E-state index contributed by atoms with van der Waals surface area (Å²) in [6, 6.07) is 10.2. The number of anilines is 2. The number of rotatable bonds is 5. The molecule has 0 aliphatic rings. The third-order valence-corrected chi connectivity index (χ3v) is 4.47. The SMILES string of the molecule is CCc1c(Nc2cc(-n3ccc(C)n3)ncn2)nn(C)c1-c1ccc(F)cc1. The molecule has 0 bridgehead atoms. The Bertz CT molecular complexity index is 1110. The molecule has 0 saturated heterocycles. The van der Waals surface area contributed by atoms with Crippen LogP contribution in [0, 0.1) is 12.7 Å². The maximum atomic E-state index is 13.3. The van der Waals surface area contributed by atoms with Crippen LogP contribution in [0.1, 0.15) is 18.2 Å². The molecule has 0 atom stereocenters. The van der Waals surface area contributed by atoms with E-state index >= 15 is 0 Å². The van der Waals surface area contributed by atoms with Crippen LogP contribution in [0.4, 0.5) is 16.0 Å². The summed E-state index contributed by atoms with van der Waals surface area (Å²) in [6.07, 6.45) is 4.11. The summed E-state index contributed by atoms with van der Waals surface area (Å²) < 4.78 is 16.8. The average Bonchev–Trinajstić information content (AvgIpc) is 3.25. The maximum Gasteiger partial charge on any atom is 0.158 e. The summed E-state index contributed by atoms with van der Waals surface area (Å²) in [4.78, 5) is 8.58. The molecule has 8 heteroatoms. The Labute approximate surface area is 161 Å². The molecule has 1 N–H and O–H groups in total. The topological polar surface area (TPSA) is 73.5 Å². The van der Waals surface area contributed by atoms with Crippen LogP contribution in [0.25, 0.3) is 17.1 Å². The lowest BCUT2D eigenvalue weighted by atomic mass is 10.1. The van der Waals surface area contributed by atoms with E-state index in [4.69, 9.17) is 0 Å². The minimum atomic E-state index is -0.260. The van der Waals surface area contributed by atoms with Gasteiger partial charge in [-0.2, -0.15) is 10.2 Å². The predicted octanol–water partition coefficient (Wildman–Crippen LogP) is 3.82. The Hall–Kier alpha value is -3.55. The molecule has 3 aromatic heterocycles. The van der Waals surface area contributed by atoms with Gasteiger partial charge >= 0.3 is 0 Å². The fraction of sp³-hybridized carbons (Fsp3) is 0.200. The molecule has 0 fully saturated rings. The Balaban J connectivity index is 1.69. The smallest absolute Gasteiger partial charge is 0.158 e. The second-order valence-corrected chi connectivity index (χ2v) is 6.45. The quantitative estimate of drug-likeness (QED) is 0.572. The molecule has 3 heterocycles. The largest absolute Gasteiger partial charge is 0.323 e. The van der Waals surface area contributed by atoms with Gasteiger partial charge in [0.15, 0.2) is 11.6 Å². The van der Waals surface area contributed by atoms with Gasteiger partial charge in [0.1, 0.15) is 18.0 Å². The normalized spacial score (nSPS) is 11.0. The van der Waals surface area contributed by atoms with E-state index in [2.05, 4.69) is 32.4 Å². The second-order valence-electron chi connectivity index (χ2n) is 6.45. The molecule has 142 valence electrons. The highest BCUT2D eigenvalue weighted by atomic mass is 19.1. The van der Waals surface area contributed by atoms with Gasteiger partial charge in [-0.3, -0.25) is 4.68 Å². The first-order valence-corrected chi connectivity index (χ1v) is 8.98. The monoisotopic (exact) mass is 377 g/mol. The molecule has 0 unspecified atom stereocenters. The van der Waals surface area contributed by atoms with E-state index in [1.807, 2.05) is 32.3 Å². The van der Waals surface area contributed by atoms with Crippen molar-refractivity contribution in [3.63, 3.8) is 0 Å². The zero-order valence-corrected chi connectivity index (χ0v) is 15.9. The summed E-state index contributed by atoms with van der Waals surface area (Å²) in [5.41, 5.74) is 3.80. The molecule has 0 aliphatic carbocycles. The Morgan fingerprint density at radius 2 is 1.86 bits per heavy atom. The van der Waals surface area contributed by atoms with Gasteiger partial charge in [-0.05, 0) is 43.7 Å². The number of aromatic nitrogens is 6. The van der Waals surface area contributed by atoms with Crippen LogP contribution in [0.3, 0.4) is 0 Å². The first-order chi connectivity index (χ1) is 13.5. The van der Waals surface area contributed by atoms with E-state index in [9.17, 15) is 4.39 Å². The molecule has 4 aromatic rings. The van der Waals surface area contributed by atoms with Crippen LogP contribution in [0.2, 0.25) is 0 Å². The zero-order valence-electron chi connectivity index (χ0n) is 15.9. The number of aryl methyl sites for hydroxylation is 2. The van der Waals surface area contributed by atoms with Gasteiger partial charge in [0.25, 0.3) is 0 Å². The third kappa shape index (κ3) is 3.36. The lowest BCUT2D eigenvalue weighted by molar-refractivity contribution is 0.628. The molecule has 0 aliphatic heterocycles. The molecule has 4 rings (SSSR count). The highest BCUT2D eigenvalue weighted by Gasteiger charge is 2.17. The number of halogens is 1. The van der Waals surface area contributed by atoms with Gasteiger partial charge in [-0.25, -0.2) is 19.0 Å². The first-order valence-electron chi connectivity index (χ1n) is 8.98. The van der Waals surface area contributed by atoms with E-state index < -0.39 is 0 Å². The summed E-state index contributed by atoms with van der Waals surface area (Å²) in [7, 11) is 1.88. The number of nitrogens with zero attached hydrogens (tertiary/aromatic N) is 6. The van der Waals surface area contributed by atoms with Crippen LogP contribution in [0.5, 0.6) is 0 Å². The van der Waals surface area contributed by atoms with E-state index in [1.54, 1.807) is 21.5 Å². The minimum absolute atomic E-state index is 0.260. The first kappa shape index (κ1) is 17.8. The van der Waals surface area contributed by atoms with E-state index in [1.165, 1.54) is 18.5 Å². The van der Waals surface area contributed by atoms with Crippen LogP contribution < -0.4 is 5.32 Å². The Kier molecular flexibility index (Phi) is 4.60. The van der Waals surface area contributed by atoms with E-state index in [0.717, 1.165) is 28.9 Å². The highest BCUT2D eigenvalue weighted by molar-refractivity contribution is 5.72. The summed E-state index contributed by atoms with van der Waals surface area (Å²) in [5, 5.41) is 12.3. The molecular formula is C20H20FN7. The Morgan fingerprint density at radius 1 is 1.07 bits per heavy atom. The van der Waals surface area contributed by atoms with Crippen molar-refractivity contribution in [2.75, 3.05) is 5.32 Å². The van der Waals surface area contributed by atoms with Crippen molar-refractivity contribution in [3.05, 3.63) is 66.0 Å². The fourth-order valence-corrected chi connectivity index (χ4v) is 3.18. The molecule has 28 heavy (non-hydrogen) atoms. The summed E-state index contributed by atoms with van der Waals surface area (Å²) in [6.45, 7) is 3.99. The lowest BCUT2D eigenvalue weighted by Gasteiger charge is -2.07. The molecule has 7 nitrogen and oxygen atoms in total. The van der Waals surface area contributed by atoms with Gasteiger partial charge in [0.05, 0.1) is 11.4 Å². The van der Waals surface area contributed by atoms with E-state index in [0.29, 0.717) is 17.5 Å². The number of hydrogen-bond donors (Lipinski definition) is 1. The van der Waals surface area contributed by atoms with Crippen molar-refractivity contribution in [2.24, 2.45) is 7.05 Å². The number of nitrogens with one attached hydrogen (secondary N) is 1. The molecular weight excluding hydrogens is 357 g/mol. The van der Waals surface area contributed by atoms with Crippen LogP contribution in [0.15, 0.2) is 48.9 Å². The van der Waals surface area contributed by atoms with Crippen molar-refractivity contribution >= 4 is 11.6 Å². The van der Waals surface area contributed by atoms with Gasteiger partial charge < -0.3 is 5.32 Å². The third-order valence-electron chi connectivity index (χ3n) is 4.47. The summed E-state index contributed by atoms with van der Waals surface area (Å²) >= 11 is 0. The second kappa shape index (κ2) is 7.22. The zero-order chi connectivity index (χ0) is 19.7. The molecule has 0 radical (unpaired) electrons. The molecule has 1 aromatic carbocycles. The van der Waals surface area contributed by atoms with Gasteiger partial charge in [-0.1, -0.05) is 6.92 Å².